The maximum Gasteiger partial charge on any atom is 0.279 e. The summed E-state index contributed by atoms with van der Waals surface area (Å²) in [6.07, 6.45) is 2.30. The van der Waals surface area contributed by atoms with Gasteiger partial charge in [0, 0.05) is 31.8 Å². The Bertz CT molecular complexity index is 1300. The van der Waals surface area contributed by atoms with Crippen molar-refractivity contribution in [2.24, 2.45) is 4.99 Å². The molecule has 10 heteroatoms. The van der Waals surface area contributed by atoms with Crippen LogP contribution in [-0.4, -0.2) is 36.8 Å². The molecule has 0 N–H and O–H groups in total. The third-order valence-corrected chi connectivity index (χ3v) is 7.87. The maximum absolute atomic E-state index is 14.4. The Kier molecular flexibility index (Phi) is 7.58. The molecule has 0 spiro atoms. The number of aryl methyl sites for hydroxylation is 1. The number of amides is 1. The average molecular weight is 482 g/mol. The molecule has 0 fully saturated rings. The summed E-state index contributed by atoms with van der Waals surface area (Å²) in [5, 5.41) is 0. The van der Waals surface area contributed by atoms with Crippen LogP contribution in [0.5, 0.6) is 0 Å². The monoisotopic (exact) mass is 481 g/mol. The van der Waals surface area contributed by atoms with E-state index in [9.17, 15) is 22.0 Å². The zero-order valence-electron chi connectivity index (χ0n) is 18.1. The summed E-state index contributed by atoms with van der Waals surface area (Å²) in [6.45, 7) is 4.71. The molecule has 0 aliphatic carbocycles. The highest BCUT2D eigenvalue weighted by atomic mass is 32.2. The molecule has 1 heterocycles. The van der Waals surface area contributed by atoms with Gasteiger partial charge >= 0.3 is 0 Å². The first-order valence-electron chi connectivity index (χ1n) is 10.3. The van der Waals surface area contributed by atoms with Crippen molar-refractivity contribution in [3.8, 4) is 0 Å². The molecule has 0 atom stereocenters. The second-order valence-electron chi connectivity index (χ2n) is 7.39. The van der Waals surface area contributed by atoms with Crippen LogP contribution in [0.2, 0.25) is 0 Å². The van der Waals surface area contributed by atoms with Gasteiger partial charge in [0.05, 0.1) is 15.1 Å². The predicted octanol–water partition coefficient (Wildman–Crippen LogP) is 4.55. The number of fused-ring (bicyclic) bond motifs is 1. The summed E-state index contributed by atoms with van der Waals surface area (Å²) in [5.74, 6) is -2.00. The number of halogens is 2. The predicted molar refractivity (Wildman–Crippen MR) is 121 cm³/mol. The minimum absolute atomic E-state index is 0.0908. The van der Waals surface area contributed by atoms with Crippen LogP contribution in [0.25, 0.3) is 10.2 Å². The third-order valence-electron chi connectivity index (χ3n) is 4.98. The van der Waals surface area contributed by atoms with Crippen LogP contribution in [-0.2, 0) is 16.6 Å². The van der Waals surface area contributed by atoms with Crippen LogP contribution >= 0.6 is 11.3 Å². The van der Waals surface area contributed by atoms with Crippen molar-refractivity contribution in [2.75, 3.05) is 13.6 Å². The van der Waals surface area contributed by atoms with Gasteiger partial charge in [-0.3, -0.25) is 4.79 Å². The van der Waals surface area contributed by atoms with Gasteiger partial charge in [-0.05, 0) is 43.2 Å². The van der Waals surface area contributed by atoms with Crippen molar-refractivity contribution in [1.29, 1.82) is 0 Å². The van der Waals surface area contributed by atoms with Gasteiger partial charge in [-0.25, -0.2) is 21.5 Å². The molecular weight excluding hydrogens is 456 g/mol. The van der Waals surface area contributed by atoms with Crippen LogP contribution in [0.3, 0.4) is 0 Å². The van der Waals surface area contributed by atoms with E-state index in [1.165, 1.54) is 41.7 Å². The Balaban J connectivity index is 1.96. The Labute approximate surface area is 189 Å². The van der Waals surface area contributed by atoms with Crippen molar-refractivity contribution in [3.63, 3.8) is 0 Å². The molecule has 32 heavy (non-hydrogen) atoms. The number of unbranched alkanes of at least 4 members (excludes halogenated alkanes) is 1. The van der Waals surface area contributed by atoms with Gasteiger partial charge in [0.25, 0.3) is 5.91 Å². The van der Waals surface area contributed by atoms with Crippen molar-refractivity contribution in [2.45, 2.75) is 44.6 Å². The lowest BCUT2D eigenvalue weighted by molar-refractivity contribution is 0.0997. The summed E-state index contributed by atoms with van der Waals surface area (Å²) < 4.78 is 56.5. The molecule has 6 nitrogen and oxygen atoms in total. The number of thiazole rings is 1. The zero-order valence-corrected chi connectivity index (χ0v) is 19.8. The number of carbonyl (C=O) groups is 1. The lowest BCUT2D eigenvalue weighted by Crippen LogP contribution is -2.27. The van der Waals surface area contributed by atoms with Crippen molar-refractivity contribution in [3.05, 3.63) is 58.4 Å². The van der Waals surface area contributed by atoms with E-state index in [0.717, 1.165) is 30.2 Å². The molecule has 0 saturated carbocycles. The van der Waals surface area contributed by atoms with E-state index in [1.807, 2.05) is 13.8 Å². The number of hydrogen-bond donors (Lipinski definition) is 0. The van der Waals surface area contributed by atoms with Crippen molar-refractivity contribution >= 4 is 37.5 Å². The van der Waals surface area contributed by atoms with Crippen LogP contribution in [0.4, 0.5) is 8.78 Å². The molecule has 0 unspecified atom stereocenters. The molecule has 0 aliphatic rings. The van der Waals surface area contributed by atoms with E-state index in [2.05, 4.69) is 4.99 Å². The van der Waals surface area contributed by atoms with Gasteiger partial charge in [0.2, 0.25) is 10.0 Å². The first-order chi connectivity index (χ1) is 15.2. The first-order valence-corrected chi connectivity index (χ1v) is 12.6. The fraction of sp³-hybridized carbons (Fsp3) is 0.364. The van der Waals surface area contributed by atoms with Gasteiger partial charge in [-0.1, -0.05) is 31.6 Å². The molecule has 0 saturated heterocycles. The molecule has 1 aromatic heterocycles. The molecule has 1 amide bonds. The Morgan fingerprint density at radius 3 is 2.44 bits per heavy atom. The maximum atomic E-state index is 14.4. The van der Waals surface area contributed by atoms with E-state index in [0.29, 0.717) is 24.2 Å². The minimum atomic E-state index is -3.64. The molecule has 172 valence electrons. The summed E-state index contributed by atoms with van der Waals surface area (Å²) in [7, 11) is -2.12. The summed E-state index contributed by atoms with van der Waals surface area (Å²) >= 11 is 1.03. The molecular formula is C22H25F2N3O3S2. The number of rotatable bonds is 8. The number of carbonyl (C=O) groups excluding carboxylic acids is 1. The summed E-state index contributed by atoms with van der Waals surface area (Å²) in [6, 6.07) is 7.59. The topological polar surface area (TPSA) is 71.7 Å². The van der Waals surface area contributed by atoms with E-state index < -0.39 is 27.6 Å². The highest BCUT2D eigenvalue weighted by Crippen LogP contribution is 2.23. The Morgan fingerprint density at radius 2 is 1.81 bits per heavy atom. The zero-order chi connectivity index (χ0) is 23.5. The van der Waals surface area contributed by atoms with Gasteiger partial charge in [-0.2, -0.15) is 4.99 Å². The van der Waals surface area contributed by atoms with Crippen LogP contribution in [0.1, 0.15) is 43.5 Å². The summed E-state index contributed by atoms with van der Waals surface area (Å²) in [4.78, 5) is 17.2. The number of benzene rings is 2. The Morgan fingerprint density at radius 1 is 1.12 bits per heavy atom. The van der Waals surface area contributed by atoms with E-state index in [4.69, 9.17) is 0 Å². The van der Waals surface area contributed by atoms with Crippen LogP contribution in [0.15, 0.2) is 46.3 Å². The molecule has 3 aromatic rings. The minimum Gasteiger partial charge on any atom is -0.314 e. The lowest BCUT2D eigenvalue weighted by Gasteiger charge is -2.16. The van der Waals surface area contributed by atoms with Gasteiger partial charge in [-0.15, -0.1) is 0 Å². The third kappa shape index (κ3) is 4.97. The largest absolute Gasteiger partial charge is 0.314 e. The first kappa shape index (κ1) is 24.2. The smallest absolute Gasteiger partial charge is 0.279 e. The SMILES string of the molecule is CCCCN(C)S(=O)(=O)c1ccc(C(=O)N=c2sc3cc(F)cc(F)c3n2CCC)cc1. The van der Waals surface area contributed by atoms with Gasteiger partial charge in [0.15, 0.2) is 10.6 Å². The summed E-state index contributed by atoms with van der Waals surface area (Å²) in [5.41, 5.74) is 0.411. The van der Waals surface area contributed by atoms with E-state index in [-0.39, 0.29) is 20.8 Å². The van der Waals surface area contributed by atoms with E-state index >= 15 is 0 Å². The van der Waals surface area contributed by atoms with Crippen molar-refractivity contribution in [1.82, 2.24) is 8.87 Å². The lowest BCUT2D eigenvalue weighted by atomic mass is 10.2. The second-order valence-corrected chi connectivity index (χ2v) is 10.4. The highest BCUT2D eigenvalue weighted by Gasteiger charge is 2.20. The highest BCUT2D eigenvalue weighted by molar-refractivity contribution is 7.89. The number of hydrogen-bond acceptors (Lipinski definition) is 4. The number of sulfonamides is 1. The van der Waals surface area contributed by atoms with Crippen LogP contribution in [0, 0.1) is 11.6 Å². The van der Waals surface area contributed by atoms with E-state index in [1.54, 1.807) is 4.57 Å². The van der Waals surface area contributed by atoms with Crippen LogP contribution < -0.4 is 4.80 Å². The van der Waals surface area contributed by atoms with Gasteiger partial charge in [0.1, 0.15) is 5.82 Å². The average Bonchev–Trinajstić information content (AvgIpc) is 3.09. The fourth-order valence-corrected chi connectivity index (χ4v) is 5.55. The fourth-order valence-electron chi connectivity index (χ4n) is 3.25. The molecule has 0 aliphatic heterocycles. The second kappa shape index (κ2) is 10.0. The molecule has 2 aromatic carbocycles. The number of aromatic nitrogens is 1. The normalized spacial score (nSPS) is 12.8. The molecule has 3 rings (SSSR count). The van der Waals surface area contributed by atoms with Crippen molar-refractivity contribution < 1.29 is 22.0 Å². The molecule has 0 bridgehead atoms. The quantitative estimate of drug-likeness (QED) is 0.474. The Hall–Kier alpha value is -2.43. The van der Waals surface area contributed by atoms with Gasteiger partial charge < -0.3 is 4.57 Å². The standard InChI is InChI=1S/C22H25F2N3O3S2/c1-4-6-12-26(3)32(29,30)17-9-7-15(8-10-17)21(28)25-22-27(11-5-2)20-18(24)13-16(23)14-19(20)31-22/h7-10,13-14H,4-6,11-12H2,1-3H3. The number of nitrogens with zero attached hydrogens (tertiary/aromatic N) is 3. The molecule has 0 radical (unpaired) electrons.